The summed E-state index contributed by atoms with van der Waals surface area (Å²) in [5, 5.41) is 2.87. The van der Waals surface area contributed by atoms with Gasteiger partial charge in [0.05, 0.1) is 11.4 Å². The van der Waals surface area contributed by atoms with E-state index in [2.05, 4.69) is 9.97 Å². The van der Waals surface area contributed by atoms with Crippen LogP contribution in [0.2, 0.25) is 0 Å². The Morgan fingerprint density at radius 3 is 2.58 bits per heavy atom. The molecule has 7 heteroatoms. The molecule has 2 aromatic rings. The smallest absolute Gasteiger partial charge is 0.223 e. The lowest BCUT2D eigenvalue weighted by atomic mass is 10.2. The molecule has 1 aliphatic heterocycles. The van der Waals surface area contributed by atoms with Crippen molar-refractivity contribution in [3.63, 3.8) is 0 Å². The van der Waals surface area contributed by atoms with Crippen molar-refractivity contribution in [1.82, 2.24) is 19.8 Å². The van der Waals surface area contributed by atoms with Crippen LogP contribution in [-0.4, -0.2) is 57.8 Å². The molecule has 3 heterocycles. The lowest BCUT2D eigenvalue weighted by Gasteiger charge is -2.34. The van der Waals surface area contributed by atoms with E-state index in [9.17, 15) is 9.59 Å². The number of carbonyl (C=O) groups excluding carboxylic acids is 2. The van der Waals surface area contributed by atoms with E-state index in [0.29, 0.717) is 39.0 Å². The van der Waals surface area contributed by atoms with E-state index >= 15 is 0 Å². The third-order valence-corrected chi connectivity index (χ3v) is 5.02. The van der Waals surface area contributed by atoms with Crippen molar-refractivity contribution in [3.8, 4) is 10.7 Å². The molecule has 0 spiro atoms. The van der Waals surface area contributed by atoms with Gasteiger partial charge in [0, 0.05) is 51.1 Å². The number of rotatable bonds is 4. The Labute approximate surface area is 145 Å². The van der Waals surface area contributed by atoms with E-state index in [1.54, 1.807) is 29.4 Å². The van der Waals surface area contributed by atoms with E-state index in [1.165, 1.54) is 0 Å². The molecule has 0 unspecified atom stereocenters. The first kappa shape index (κ1) is 16.6. The van der Waals surface area contributed by atoms with E-state index in [0.717, 1.165) is 16.4 Å². The summed E-state index contributed by atoms with van der Waals surface area (Å²) in [5.41, 5.74) is 1.79. The molecule has 1 fully saturated rings. The fourth-order valence-corrected chi connectivity index (χ4v) is 3.52. The third kappa shape index (κ3) is 3.97. The van der Waals surface area contributed by atoms with Crippen molar-refractivity contribution in [3.05, 3.63) is 35.5 Å². The van der Waals surface area contributed by atoms with Gasteiger partial charge in [0.15, 0.2) is 0 Å². The molecule has 0 aromatic carbocycles. The van der Waals surface area contributed by atoms with Crippen molar-refractivity contribution < 1.29 is 9.59 Å². The van der Waals surface area contributed by atoms with Gasteiger partial charge in [-0.05, 0) is 18.6 Å². The van der Waals surface area contributed by atoms with Crippen LogP contribution in [0.15, 0.2) is 29.8 Å². The van der Waals surface area contributed by atoms with Crippen LogP contribution in [0.5, 0.6) is 0 Å². The van der Waals surface area contributed by atoms with Crippen molar-refractivity contribution in [2.45, 2.75) is 19.8 Å². The van der Waals surface area contributed by atoms with Gasteiger partial charge >= 0.3 is 0 Å². The van der Waals surface area contributed by atoms with Crippen LogP contribution >= 0.6 is 11.3 Å². The van der Waals surface area contributed by atoms with Crippen molar-refractivity contribution >= 4 is 23.2 Å². The van der Waals surface area contributed by atoms with Crippen LogP contribution in [0.1, 0.15) is 19.0 Å². The molecule has 2 aromatic heterocycles. The van der Waals surface area contributed by atoms with Gasteiger partial charge in [-0.15, -0.1) is 11.3 Å². The maximum absolute atomic E-state index is 12.3. The van der Waals surface area contributed by atoms with Crippen LogP contribution in [0.25, 0.3) is 10.7 Å². The van der Waals surface area contributed by atoms with Crippen LogP contribution < -0.4 is 0 Å². The average Bonchev–Trinajstić information content (AvgIpc) is 3.09. The second-order valence-corrected chi connectivity index (χ2v) is 6.60. The molecular formula is C17H20N4O2S. The Bertz CT molecular complexity index is 708. The Morgan fingerprint density at radius 1 is 1.17 bits per heavy atom. The molecule has 0 bridgehead atoms. The number of amides is 2. The first-order valence-corrected chi connectivity index (χ1v) is 8.90. The molecule has 24 heavy (non-hydrogen) atoms. The summed E-state index contributed by atoms with van der Waals surface area (Å²) < 4.78 is 0. The predicted octanol–water partition coefficient (Wildman–Crippen LogP) is 1.83. The van der Waals surface area contributed by atoms with Crippen LogP contribution in [-0.2, 0) is 16.0 Å². The summed E-state index contributed by atoms with van der Waals surface area (Å²) in [7, 11) is 0. The van der Waals surface area contributed by atoms with E-state index in [4.69, 9.17) is 0 Å². The summed E-state index contributed by atoms with van der Waals surface area (Å²) in [6.07, 6.45) is 2.83. The highest BCUT2D eigenvalue weighted by Crippen LogP contribution is 2.22. The molecule has 126 valence electrons. The second-order valence-electron chi connectivity index (χ2n) is 5.75. The van der Waals surface area contributed by atoms with Gasteiger partial charge in [-0.2, -0.15) is 0 Å². The predicted molar refractivity (Wildman–Crippen MR) is 92.5 cm³/mol. The SMILES string of the molecule is CC(=O)N1CCN(C(=O)CCc2csc(-c3ccccn3)n2)CC1. The Hall–Kier alpha value is -2.28. The lowest BCUT2D eigenvalue weighted by molar-refractivity contribution is -0.138. The third-order valence-electron chi connectivity index (χ3n) is 4.11. The summed E-state index contributed by atoms with van der Waals surface area (Å²) in [4.78, 5) is 36.1. The van der Waals surface area contributed by atoms with Gasteiger partial charge in [0.25, 0.3) is 0 Å². The van der Waals surface area contributed by atoms with E-state index in [1.807, 2.05) is 28.5 Å². The van der Waals surface area contributed by atoms with Crippen LogP contribution in [0, 0.1) is 0 Å². The van der Waals surface area contributed by atoms with Gasteiger partial charge in [0.2, 0.25) is 11.8 Å². The highest BCUT2D eigenvalue weighted by molar-refractivity contribution is 7.13. The van der Waals surface area contributed by atoms with Crippen molar-refractivity contribution in [2.75, 3.05) is 26.2 Å². The summed E-state index contributed by atoms with van der Waals surface area (Å²) in [6.45, 7) is 4.06. The molecule has 0 radical (unpaired) electrons. The quantitative estimate of drug-likeness (QED) is 0.849. The van der Waals surface area contributed by atoms with Gasteiger partial charge in [-0.25, -0.2) is 4.98 Å². The molecule has 1 aliphatic rings. The van der Waals surface area contributed by atoms with Gasteiger partial charge < -0.3 is 9.80 Å². The molecule has 0 atom stereocenters. The number of nitrogens with zero attached hydrogens (tertiary/aromatic N) is 4. The van der Waals surface area contributed by atoms with Crippen molar-refractivity contribution in [2.24, 2.45) is 0 Å². The Balaban J connectivity index is 1.50. The monoisotopic (exact) mass is 344 g/mol. The van der Waals surface area contributed by atoms with Crippen molar-refractivity contribution in [1.29, 1.82) is 0 Å². The fourth-order valence-electron chi connectivity index (χ4n) is 2.69. The number of thiazole rings is 1. The Morgan fingerprint density at radius 2 is 1.92 bits per heavy atom. The number of carbonyl (C=O) groups is 2. The minimum atomic E-state index is 0.0756. The highest BCUT2D eigenvalue weighted by atomic mass is 32.1. The zero-order valence-electron chi connectivity index (χ0n) is 13.6. The van der Waals surface area contributed by atoms with Crippen LogP contribution in [0.4, 0.5) is 0 Å². The van der Waals surface area contributed by atoms with Gasteiger partial charge in [0.1, 0.15) is 5.01 Å². The average molecular weight is 344 g/mol. The van der Waals surface area contributed by atoms with E-state index < -0.39 is 0 Å². The van der Waals surface area contributed by atoms with Crippen LogP contribution in [0.3, 0.4) is 0 Å². The molecule has 0 N–H and O–H groups in total. The molecule has 2 amide bonds. The molecule has 1 saturated heterocycles. The number of hydrogen-bond acceptors (Lipinski definition) is 5. The fraction of sp³-hybridized carbons (Fsp3) is 0.412. The topological polar surface area (TPSA) is 66.4 Å². The number of aromatic nitrogens is 2. The molecule has 3 rings (SSSR count). The van der Waals surface area contributed by atoms with Gasteiger partial charge in [-0.1, -0.05) is 6.07 Å². The normalized spacial score (nSPS) is 14.7. The maximum Gasteiger partial charge on any atom is 0.223 e. The maximum atomic E-state index is 12.3. The zero-order valence-corrected chi connectivity index (χ0v) is 14.5. The molecule has 0 aliphatic carbocycles. The molecular weight excluding hydrogens is 324 g/mol. The first-order valence-electron chi connectivity index (χ1n) is 8.02. The first-order chi connectivity index (χ1) is 11.6. The standard InChI is InChI=1S/C17H20N4O2S/c1-13(22)20-8-10-21(11-9-20)16(23)6-5-14-12-24-17(19-14)15-4-2-3-7-18-15/h2-4,7,12H,5-6,8-11H2,1H3. The number of pyridine rings is 1. The minimum absolute atomic E-state index is 0.0756. The molecule has 6 nitrogen and oxygen atoms in total. The largest absolute Gasteiger partial charge is 0.339 e. The lowest BCUT2D eigenvalue weighted by Crippen LogP contribution is -2.50. The van der Waals surface area contributed by atoms with E-state index in [-0.39, 0.29) is 11.8 Å². The van der Waals surface area contributed by atoms with Gasteiger partial charge in [-0.3, -0.25) is 14.6 Å². The highest BCUT2D eigenvalue weighted by Gasteiger charge is 2.22. The number of hydrogen-bond donors (Lipinski definition) is 0. The minimum Gasteiger partial charge on any atom is -0.339 e. The summed E-state index contributed by atoms with van der Waals surface area (Å²) in [5.74, 6) is 0.206. The summed E-state index contributed by atoms with van der Waals surface area (Å²) in [6, 6.07) is 5.75. The molecule has 0 saturated carbocycles. The second kappa shape index (κ2) is 7.53. The zero-order chi connectivity index (χ0) is 16.9. The Kier molecular flexibility index (Phi) is 5.20. The summed E-state index contributed by atoms with van der Waals surface area (Å²) >= 11 is 1.55. The number of aryl methyl sites for hydroxylation is 1. The number of piperazine rings is 1.